The van der Waals surface area contributed by atoms with Crippen LogP contribution in [0, 0.1) is 4.77 Å². The van der Waals surface area contributed by atoms with Gasteiger partial charge in [0, 0.05) is 12.6 Å². The number of carbonyl (C=O) groups is 1. The number of nitrogens with one attached hydrogen (secondary N) is 1. The summed E-state index contributed by atoms with van der Waals surface area (Å²) < 4.78 is 15.0. The van der Waals surface area contributed by atoms with E-state index in [0.29, 0.717) is 11.6 Å². The molecule has 0 spiro atoms. The lowest BCUT2D eigenvalue weighted by molar-refractivity contribution is -0.219. The van der Waals surface area contributed by atoms with Gasteiger partial charge in [-0.1, -0.05) is 36.4 Å². The summed E-state index contributed by atoms with van der Waals surface area (Å²) in [6.07, 6.45) is -5.03. The molecule has 5 atom stereocenters. The van der Waals surface area contributed by atoms with E-state index in [9.17, 15) is 20.1 Å². The molecule has 0 unspecified atom stereocenters. The zero-order valence-electron chi connectivity index (χ0n) is 18.4. The molecule has 0 saturated carbocycles. The predicted octanol–water partition coefficient (Wildman–Crippen LogP) is 1.10. The Kier molecular flexibility index (Phi) is 7.39. The van der Waals surface area contributed by atoms with E-state index >= 15 is 0 Å². The topological polar surface area (TPSA) is 131 Å². The van der Waals surface area contributed by atoms with Crippen LogP contribution in [0.15, 0.2) is 60.7 Å². The predicted molar refractivity (Wildman–Crippen MR) is 124 cm³/mol. The molecule has 11 heteroatoms. The number of aliphatic hydroxyl groups excluding tert-OH is 3. The van der Waals surface area contributed by atoms with E-state index in [-0.39, 0.29) is 11.4 Å². The SMILES string of the molecule is CC(=O)N[C@@H]1[C@H](O)[C@H](O)[C@H](CO)O[C@H]1n1nc(COc2ccccc2)n(-c2ccccc2)c1=S. The molecule has 4 rings (SSSR count). The second-order valence-electron chi connectivity index (χ2n) is 7.87. The first-order valence-electron chi connectivity index (χ1n) is 10.7. The van der Waals surface area contributed by atoms with Gasteiger partial charge in [-0.3, -0.25) is 9.36 Å². The zero-order chi connectivity index (χ0) is 24.2. The van der Waals surface area contributed by atoms with E-state index in [4.69, 9.17) is 21.7 Å². The first-order valence-corrected chi connectivity index (χ1v) is 11.1. The third-order valence-electron chi connectivity index (χ3n) is 5.51. The zero-order valence-corrected chi connectivity index (χ0v) is 19.2. The number of aliphatic hydroxyl groups is 3. The molecule has 1 aromatic heterocycles. The molecule has 2 heterocycles. The molecule has 1 aliphatic heterocycles. The second-order valence-corrected chi connectivity index (χ2v) is 8.24. The molecular weight excluding hydrogens is 460 g/mol. The summed E-state index contributed by atoms with van der Waals surface area (Å²) in [7, 11) is 0. The minimum absolute atomic E-state index is 0.0711. The van der Waals surface area contributed by atoms with Gasteiger partial charge in [-0.05, 0) is 36.5 Å². The number of aromatic nitrogens is 3. The van der Waals surface area contributed by atoms with Crippen LogP contribution in [-0.4, -0.2) is 66.5 Å². The lowest BCUT2D eigenvalue weighted by Gasteiger charge is -2.42. The maximum atomic E-state index is 11.8. The average molecular weight is 487 g/mol. The van der Waals surface area contributed by atoms with Crippen LogP contribution in [0.1, 0.15) is 19.0 Å². The molecule has 1 fully saturated rings. The van der Waals surface area contributed by atoms with Crippen molar-refractivity contribution in [3.8, 4) is 11.4 Å². The van der Waals surface area contributed by atoms with Crippen LogP contribution in [0.5, 0.6) is 5.75 Å². The molecule has 0 bridgehead atoms. The maximum Gasteiger partial charge on any atom is 0.217 e. The Hall–Kier alpha value is -3.09. The van der Waals surface area contributed by atoms with E-state index in [1.54, 1.807) is 4.57 Å². The van der Waals surface area contributed by atoms with E-state index in [2.05, 4.69) is 10.4 Å². The van der Waals surface area contributed by atoms with Gasteiger partial charge in [-0.15, -0.1) is 0 Å². The Bertz CT molecular complexity index is 1170. The highest BCUT2D eigenvalue weighted by Gasteiger charge is 2.46. The van der Waals surface area contributed by atoms with Crippen molar-refractivity contribution in [1.29, 1.82) is 0 Å². The number of hydrogen-bond acceptors (Lipinski definition) is 8. The van der Waals surface area contributed by atoms with Gasteiger partial charge >= 0.3 is 0 Å². The Morgan fingerprint density at radius 2 is 1.76 bits per heavy atom. The Balaban J connectivity index is 1.77. The molecule has 2 aromatic carbocycles. The third-order valence-corrected chi connectivity index (χ3v) is 5.87. The fourth-order valence-electron chi connectivity index (χ4n) is 3.88. The Morgan fingerprint density at radius 3 is 2.38 bits per heavy atom. The summed E-state index contributed by atoms with van der Waals surface area (Å²) in [6.45, 7) is 0.815. The summed E-state index contributed by atoms with van der Waals surface area (Å²) in [5.41, 5.74) is 0.733. The largest absolute Gasteiger partial charge is 0.486 e. The third kappa shape index (κ3) is 4.88. The summed E-state index contributed by atoms with van der Waals surface area (Å²) in [6, 6.07) is 17.5. The number of ether oxygens (including phenoxy) is 2. The summed E-state index contributed by atoms with van der Waals surface area (Å²) in [4.78, 5) is 11.8. The van der Waals surface area contributed by atoms with Crippen molar-refractivity contribution in [3.05, 3.63) is 71.3 Å². The average Bonchev–Trinajstić information content (AvgIpc) is 3.17. The molecule has 3 aromatic rings. The van der Waals surface area contributed by atoms with Gasteiger partial charge in [0.1, 0.15) is 36.7 Å². The van der Waals surface area contributed by atoms with Crippen molar-refractivity contribution in [2.75, 3.05) is 6.61 Å². The van der Waals surface area contributed by atoms with Gasteiger partial charge in [0.2, 0.25) is 10.7 Å². The highest BCUT2D eigenvalue weighted by Crippen LogP contribution is 2.29. The van der Waals surface area contributed by atoms with Crippen LogP contribution < -0.4 is 10.1 Å². The van der Waals surface area contributed by atoms with Gasteiger partial charge in [0.15, 0.2) is 12.1 Å². The second kappa shape index (κ2) is 10.5. The lowest BCUT2D eigenvalue weighted by Crippen LogP contribution is -2.62. The van der Waals surface area contributed by atoms with Crippen LogP contribution >= 0.6 is 12.2 Å². The van der Waals surface area contributed by atoms with Crippen molar-refractivity contribution in [2.45, 2.75) is 44.1 Å². The number of benzene rings is 2. The number of amides is 1. The van der Waals surface area contributed by atoms with Gasteiger partial charge in [-0.25, -0.2) is 4.68 Å². The van der Waals surface area contributed by atoms with Gasteiger partial charge in [0.25, 0.3) is 0 Å². The minimum atomic E-state index is -1.42. The number of para-hydroxylation sites is 2. The first-order chi connectivity index (χ1) is 16.4. The van der Waals surface area contributed by atoms with Gasteiger partial charge in [0.05, 0.1) is 6.61 Å². The summed E-state index contributed by atoms with van der Waals surface area (Å²) in [5.74, 6) is 0.659. The molecule has 180 valence electrons. The number of rotatable bonds is 7. The molecule has 1 aliphatic rings. The summed E-state index contributed by atoms with van der Waals surface area (Å²) >= 11 is 5.72. The van der Waals surface area contributed by atoms with E-state index in [0.717, 1.165) is 5.69 Å². The standard InChI is InChI=1S/C23H26N4O6S/c1-14(29)24-19-21(31)20(30)17(12-28)33-22(19)27-23(34)26(15-8-4-2-5-9-15)18(25-27)13-32-16-10-6-3-7-11-16/h2-11,17,19-22,28,30-31H,12-13H2,1H3,(H,24,29)/t17-,19+,20+,21-,22+/m0/s1. The number of carbonyl (C=O) groups excluding carboxylic acids is 1. The monoisotopic (exact) mass is 486 g/mol. The van der Waals surface area contributed by atoms with Crippen molar-refractivity contribution in [3.63, 3.8) is 0 Å². The van der Waals surface area contributed by atoms with Crippen molar-refractivity contribution < 1.29 is 29.6 Å². The van der Waals surface area contributed by atoms with Crippen LogP contribution in [0.25, 0.3) is 5.69 Å². The smallest absolute Gasteiger partial charge is 0.217 e. The molecule has 10 nitrogen and oxygen atoms in total. The molecule has 0 radical (unpaired) electrons. The molecule has 34 heavy (non-hydrogen) atoms. The van der Waals surface area contributed by atoms with Crippen molar-refractivity contribution >= 4 is 18.1 Å². The lowest BCUT2D eigenvalue weighted by atomic mass is 9.96. The van der Waals surface area contributed by atoms with Crippen LogP contribution in [-0.2, 0) is 16.1 Å². The van der Waals surface area contributed by atoms with Crippen molar-refractivity contribution in [1.82, 2.24) is 19.7 Å². The van der Waals surface area contributed by atoms with Gasteiger partial charge in [-0.2, -0.15) is 5.10 Å². The summed E-state index contributed by atoms with van der Waals surface area (Å²) in [5, 5.41) is 37.9. The molecule has 4 N–H and O–H groups in total. The van der Waals surface area contributed by atoms with Crippen LogP contribution in [0.4, 0.5) is 0 Å². The van der Waals surface area contributed by atoms with Crippen molar-refractivity contribution in [2.24, 2.45) is 0 Å². The fourth-order valence-corrected chi connectivity index (χ4v) is 4.24. The highest BCUT2D eigenvalue weighted by molar-refractivity contribution is 7.71. The van der Waals surface area contributed by atoms with Gasteiger partial charge < -0.3 is 30.1 Å². The Morgan fingerprint density at radius 1 is 1.12 bits per heavy atom. The van der Waals surface area contributed by atoms with E-state index in [1.165, 1.54) is 11.6 Å². The van der Waals surface area contributed by atoms with E-state index in [1.807, 2.05) is 60.7 Å². The van der Waals surface area contributed by atoms with Crippen LogP contribution in [0.2, 0.25) is 0 Å². The number of hydrogen-bond donors (Lipinski definition) is 4. The van der Waals surface area contributed by atoms with E-state index < -0.39 is 43.1 Å². The highest BCUT2D eigenvalue weighted by atomic mass is 32.1. The van der Waals surface area contributed by atoms with Crippen LogP contribution in [0.3, 0.4) is 0 Å². The maximum absolute atomic E-state index is 11.8. The molecule has 1 saturated heterocycles. The molecule has 1 amide bonds. The molecular formula is C23H26N4O6S. The Labute approximate surface area is 201 Å². The fraction of sp³-hybridized carbons (Fsp3) is 0.348. The minimum Gasteiger partial charge on any atom is -0.486 e. The quantitative estimate of drug-likeness (QED) is 0.365. The number of nitrogens with zero attached hydrogens (tertiary/aromatic N) is 3. The first kappa shape index (κ1) is 24.0. The molecule has 0 aliphatic carbocycles. The normalized spacial score (nSPS) is 24.5.